The van der Waals surface area contributed by atoms with Crippen LogP contribution in [0.2, 0.25) is 0 Å². The molecule has 1 amide bonds. The summed E-state index contributed by atoms with van der Waals surface area (Å²) in [5.41, 5.74) is 0.384. The van der Waals surface area contributed by atoms with E-state index < -0.39 is 75.8 Å². The van der Waals surface area contributed by atoms with Gasteiger partial charge in [-0.2, -0.15) is 13.2 Å². The van der Waals surface area contributed by atoms with Crippen molar-refractivity contribution in [3.05, 3.63) is 80.6 Å². The number of phenols is 1. The van der Waals surface area contributed by atoms with Gasteiger partial charge in [0.05, 0.1) is 11.1 Å². The molecule has 0 aromatic heterocycles. The Morgan fingerprint density at radius 3 is 2.29 bits per heavy atom. The minimum absolute atomic E-state index is 0.00804. The van der Waals surface area contributed by atoms with Crippen LogP contribution in [0.4, 0.5) is 13.2 Å². The molecule has 0 radical (unpaired) electrons. The summed E-state index contributed by atoms with van der Waals surface area (Å²) in [6, 6.07) is 6.87. The zero-order valence-corrected chi connectivity index (χ0v) is 19.4. The Labute approximate surface area is 212 Å². The Morgan fingerprint density at radius 2 is 1.71 bits per heavy atom. The maximum Gasteiger partial charge on any atom is 0.416 e. The SMILES string of the molecule is NC(=O)C1=C(O)C[C@@H]2CC3Cc4c(-c5ccc(C(F)(F)F)cc5)ccc(O)c4C(=O)C3=C(N=O)[C@]2(O)C1=O. The maximum atomic E-state index is 13.7. The zero-order chi connectivity index (χ0) is 27.7. The number of carbonyl (C=O) groups is 3. The number of allylic oxidation sites excluding steroid dienone is 2. The van der Waals surface area contributed by atoms with Crippen LogP contribution in [0.15, 0.2) is 64.2 Å². The van der Waals surface area contributed by atoms with Crippen molar-refractivity contribution in [3.8, 4) is 16.9 Å². The van der Waals surface area contributed by atoms with Gasteiger partial charge in [0.1, 0.15) is 22.8 Å². The molecule has 2 aromatic rings. The predicted octanol–water partition coefficient (Wildman–Crippen LogP) is 3.47. The van der Waals surface area contributed by atoms with Crippen molar-refractivity contribution in [1.82, 2.24) is 0 Å². The number of rotatable bonds is 3. The molecule has 0 saturated heterocycles. The Bertz CT molecular complexity index is 1510. The lowest BCUT2D eigenvalue weighted by molar-refractivity contribution is -0.140. The van der Waals surface area contributed by atoms with Gasteiger partial charge < -0.3 is 21.1 Å². The molecule has 196 valence electrons. The van der Waals surface area contributed by atoms with Crippen LogP contribution in [-0.4, -0.2) is 38.4 Å². The quantitative estimate of drug-likeness (QED) is 0.349. The second kappa shape index (κ2) is 8.35. The summed E-state index contributed by atoms with van der Waals surface area (Å²) >= 11 is 0. The highest BCUT2D eigenvalue weighted by molar-refractivity contribution is 6.24. The van der Waals surface area contributed by atoms with E-state index >= 15 is 0 Å². The van der Waals surface area contributed by atoms with Crippen LogP contribution in [0, 0.1) is 16.7 Å². The van der Waals surface area contributed by atoms with E-state index in [0.717, 1.165) is 12.1 Å². The van der Waals surface area contributed by atoms with Crippen molar-refractivity contribution >= 4 is 17.5 Å². The molecule has 0 fully saturated rings. The number of benzene rings is 2. The smallest absolute Gasteiger partial charge is 0.416 e. The van der Waals surface area contributed by atoms with Gasteiger partial charge >= 0.3 is 6.18 Å². The average molecular weight is 528 g/mol. The summed E-state index contributed by atoms with van der Waals surface area (Å²) in [6.07, 6.45) is -5.02. The van der Waals surface area contributed by atoms with E-state index in [9.17, 15) is 47.8 Å². The molecule has 38 heavy (non-hydrogen) atoms. The molecule has 3 aliphatic carbocycles. The van der Waals surface area contributed by atoms with E-state index in [0.29, 0.717) is 16.7 Å². The highest BCUT2D eigenvalue weighted by atomic mass is 19.4. The largest absolute Gasteiger partial charge is 0.511 e. The topological polar surface area (TPSA) is 167 Å². The lowest BCUT2D eigenvalue weighted by Gasteiger charge is -2.45. The van der Waals surface area contributed by atoms with Gasteiger partial charge in [-0.25, -0.2) is 0 Å². The molecule has 0 bridgehead atoms. The average Bonchev–Trinajstić information content (AvgIpc) is 2.84. The number of ketones is 2. The second-order valence-electron chi connectivity index (χ2n) is 9.56. The third kappa shape index (κ3) is 3.47. The number of aliphatic hydroxyl groups is 2. The summed E-state index contributed by atoms with van der Waals surface area (Å²) in [5.74, 6) is -6.61. The first-order valence-corrected chi connectivity index (χ1v) is 11.4. The van der Waals surface area contributed by atoms with Gasteiger partial charge in [0.15, 0.2) is 11.4 Å². The molecular weight excluding hydrogens is 509 g/mol. The summed E-state index contributed by atoms with van der Waals surface area (Å²) in [7, 11) is 0. The number of nitrogens with zero attached hydrogens (tertiary/aromatic N) is 1. The molecule has 12 heteroatoms. The fourth-order valence-electron chi connectivity index (χ4n) is 5.85. The number of halogens is 3. The molecule has 3 atom stereocenters. The van der Waals surface area contributed by atoms with E-state index in [4.69, 9.17) is 5.73 Å². The number of primary amides is 1. The number of Topliss-reactive ketones (excluding diaryl/α,β-unsaturated/α-hetero) is 2. The number of carbonyl (C=O) groups excluding carboxylic acids is 3. The Kier molecular flexibility index (Phi) is 5.57. The molecule has 5 rings (SSSR count). The third-order valence-corrected chi connectivity index (χ3v) is 7.56. The minimum atomic E-state index is -4.55. The number of hydrogen-bond acceptors (Lipinski definition) is 8. The number of aromatic hydroxyl groups is 1. The third-order valence-electron chi connectivity index (χ3n) is 7.56. The van der Waals surface area contributed by atoms with Gasteiger partial charge in [-0.15, -0.1) is 4.91 Å². The number of nitroso groups, excluding NO2 is 1. The van der Waals surface area contributed by atoms with Crippen molar-refractivity contribution in [1.29, 1.82) is 0 Å². The van der Waals surface area contributed by atoms with E-state index in [2.05, 4.69) is 5.18 Å². The fourth-order valence-corrected chi connectivity index (χ4v) is 5.85. The van der Waals surface area contributed by atoms with Gasteiger partial charge in [-0.3, -0.25) is 14.4 Å². The molecule has 3 aliphatic rings. The maximum absolute atomic E-state index is 13.7. The number of amides is 1. The summed E-state index contributed by atoms with van der Waals surface area (Å²) in [6.45, 7) is 0. The number of hydrogen-bond donors (Lipinski definition) is 4. The van der Waals surface area contributed by atoms with Gasteiger partial charge in [0.2, 0.25) is 5.78 Å². The molecule has 2 aromatic carbocycles. The molecule has 1 unspecified atom stereocenters. The van der Waals surface area contributed by atoms with Crippen molar-refractivity contribution in [2.75, 3.05) is 0 Å². The highest BCUT2D eigenvalue weighted by Crippen LogP contribution is 2.53. The number of phenolic OH excluding ortho intramolecular Hbond substituents is 1. The lowest BCUT2D eigenvalue weighted by atomic mass is 9.59. The normalized spacial score (nSPS) is 25.1. The Hall–Kier alpha value is -4.32. The van der Waals surface area contributed by atoms with Gasteiger partial charge in [0.25, 0.3) is 5.91 Å². The van der Waals surface area contributed by atoms with Gasteiger partial charge in [-0.1, -0.05) is 18.2 Å². The number of fused-ring (bicyclic) bond motifs is 3. The number of nitrogens with two attached hydrogens (primary N) is 1. The van der Waals surface area contributed by atoms with Crippen molar-refractivity contribution < 1.29 is 42.9 Å². The molecule has 9 nitrogen and oxygen atoms in total. The Morgan fingerprint density at radius 1 is 1.05 bits per heavy atom. The summed E-state index contributed by atoms with van der Waals surface area (Å²) < 4.78 is 39.1. The molecule has 0 aliphatic heterocycles. The molecule has 0 heterocycles. The minimum Gasteiger partial charge on any atom is -0.511 e. The highest BCUT2D eigenvalue weighted by Gasteiger charge is 2.60. The summed E-state index contributed by atoms with van der Waals surface area (Å²) in [5, 5.41) is 35.1. The second-order valence-corrected chi connectivity index (χ2v) is 9.56. The standard InChI is InChI=1S/C26H19F3N2O7/c27-26(28,29)12-3-1-10(2-4-12)14-5-6-16(32)19-15(14)8-11-7-13-9-17(33)20(24(30)36)23(35)25(13,37)22(31-38)18(11)21(19)34/h1-6,11,13,32-33,37H,7-9H2,(H2,30,36)/t11?,13-,25-/m0/s1. The molecule has 5 N–H and O–H groups in total. The lowest BCUT2D eigenvalue weighted by Crippen LogP contribution is -2.56. The first-order valence-electron chi connectivity index (χ1n) is 11.4. The summed E-state index contributed by atoms with van der Waals surface area (Å²) in [4.78, 5) is 50.5. The van der Waals surface area contributed by atoms with Crippen LogP contribution in [-0.2, 0) is 22.2 Å². The molecule has 0 saturated carbocycles. The van der Waals surface area contributed by atoms with Gasteiger partial charge in [0, 0.05) is 17.9 Å². The molecular formula is C26H19F3N2O7. The van der Waals surface area contributed by atoms with Crippen LogP contribution in [0.3, 0.4) is 0 Å². The first kappa shape index (κ1) is 25.3. The van der Waals surface area contributed by atoms with Crippen molar-refractivity contribution in [2.24, 2.45) is 22.7 Å². The van der Waals surface area contributed by atoms with Crippen molar-refractivity contribution in [2.45, 2.75) is 31.0 Å². The fraction of sp³-hybridized carbons (Fsp3) is 0.269. The first-order chi connectivity index (χ1) is 17.8. The van der Waals surface area contributed by atoms with Crippen LogP contribution in [0.25, 0.3) is 11.1 Å². The van der Waals surface area contributed by atoms with E-state index in [1.807, 2.05) is 0 Å². The van der Waals surface area contributed by atoms with Crippen LogP contribution in [0.1, 0.15) is 34.3 Å². The van der Waals surface area contributed by atoms with Gasteiger partial charge in [-0.05, 0) is 58.8 Å². The van der Waals surface area contributed by atoms with E-state index in [-0.39, 0.29) is 24.0 Å². The van der Waals surface area contributed by atoms with Crippen LogP contribution >= 0.6 is 0 Å². The van der Waals surface area contributed by atoms with E-state index in [1.165, 1.54) is 24.3 Å². The van der Waals surface area contributed by atoms with Crippen molar-refractivity contribution in [3.63, 3.8) is 0 Å². The zero-order valence-electron chi connectivity index (χ0n) is 19.4. The van der Waals surface area contributed by atoms with Crippen LogP contribution < -0.4 is 5.73 Å². The Balaban J connectivity index is 1.67. The monoisotopic (exact) mass is 528 g/mol. The molecule has 0 spiro atoms. The number of aliphatic hydroxyl groups excluding tert-OH is 1. The number of alkyl halides is 3. The van der Waals surface area contributed by atoms with E-state index in [1.54, 1.807) is 0 Å². The van der Waals surface area contributed by atoms with Crippen LogP contribution in [0.5, 0.6) is 5.75 Å². The predicted molar refractivity (Wildman–Crippen MR) is 124 cm³/mol.